The molecule has 0 aliphatic rings. The molecule has 0 amide bonds. The van der Waals surface area contributed by atoms with E-state index in [1.165, 1.54) is 6.07 Å². The van der Waals surface area contributed by atoms with Gasteiger partial charge in [0.15, 0.2) is 0 Å². The highest BCUT2D eigenvalue weighted by atomic mass is 35.5. The van der Waals surface area contributed by atoms with Crippen LogP contribution in [0.15, 0.2) is 57.7 Å². The maximum atomic E-state index is 11.5. The van der Waals surface area contributed by atoms with E-state index >= 15 is 0 Å². The molecule has 6 heteroatoms. The minimum atomic E-state index is -0.424. The third-order valence-corrected chi connectivity index (χ3v) is 3.65. The fourth-order valence-electron chi connectivity index (χ4n) is 1.93. The third kappa shape index (κ3) is 2.96. The molecule has 0 fully saturated rings. The zero-order valence-electron chi connectivity index (χ0n) is 10.7. The first-order valence-corrected chi connectivity index (χ1v) is 6.89. The Bertz CT molecular complexity index is 862. The SMILES string of the molecule is O=c1cc(NNc2ccc(Cl)c(Cl)c2)c2ccccc2o1. The fourth-order valence-corrected chi connectivity index (χ4v) is 2.23. The molecule has 106 valence electrons. The van der Waals surface area contributed by atoms with E-state index in [4.69, 9.17) is 27.6 Å². The van der Waals surface area contributed by atoms with Gasteiger partial charge in [0.1, 0.15) is 5.58 Å². The number of benzene rings is 2. The molecule has 0 atom stereocenters. The van der Waals surface area contributed by atoms with Gasteiger partial charge in [0.05, 0.1) is 21.4 Å². The smallest absolute Gasteiger partial charge is 0.338 e. The van der Waals surface area contributed by atoms with Gasteiger partial charge in [-0.15, -0.1) is 0 Å². The number of anilines is 2. The van der Waals surface area contributed by atoms with Crippen molar-refractivity contribution in [3.8, 4) is 0 Å². The van der Waals surface area contributed by atoms with E-state index < -0.39 is 5.63 Å². The second kappa shape index (κ2) is 5.68. The molecule has 0 aliphatic heterocycles. The quantitative estimate of drug-likeness (QED) is 0.549. The number of fused-ring (bicyclic) bond motifs is 1. The second-order valence-electron chi connectivity index (χ2n) is 4.35. The molecule has 0 saturated heterocycles. The van der Waals surface area contributed by atoms with Gasteiger partial charge in [-0.2, -0.15) is 0 Å². The van der Waals surface area contributed by atoms with E-state index in [0.717, 1.165) is 11.1 Å². The normalized spacial score (nSPS) is 10.6. The molecule has 0 bridgehead atoms. The summed E-state index contributed by atoms with van der Waals surface area (Å²) in [6.45, 7) is 0. The molecule has 2 N–H and O–H groups in total. The summed E-state index contributed by atoms with van der Waals surface area (Å²) in [7, 11) is 0. The summed E-state index contributed by atoms with van der Waals surface area (Å²) in [5.74, 6) is 0. The van der Waals surface area contributed by atoms with E-state index in [1.807, 2.05) is 12.1 Å². The summed E-state index contributed by atoms with van der Waals surface area (Å²) in [6.07, 6.45) is 0. The van der Waals surface area contributed by atoms with Crippen molar-refractivity contribution in [2.24, 2.45) is 0 Å². The summed E-state index contributed by atoms with van der Waals surface area (Å²) in [6, 6.07) is 13.8. The van der Waals surface area contributed by atoms with Crippen LogP contribution in [0.1, 0.15) is 0 Å². The Labute approximate surface area is 130 Å². The first-order chi connectivity index (χ1) is 10.1. The van der Waals surface area contributed by atoms with Crippen molar-refractivity contribution in [3.05, 3.63) is 69.0 Å². The Hall–Kier alpha value is -2.17. The van der Waals surface area contributed by atoms with Crippen LogP contribution < -0.4 is 16.5 Å². The zero-order chi connectivity index (χ0) is 14.8. The Morgan fingerprint density at radius 1 is 0.905 bits per heavy atom. The molecule has 1 aromatic heterocycles. The van der Waals surface area contributed by atoms with Crippen LogP contribution >= 0.6 is 23.2 Å². The largest absolute Gasteiger partial charge is 0.423 e. The average Bonchev–Trinajstić information content (AvgIpc) is 2.48. The number of para-hydroxylation sites is 1. The fraction of sp³-hybridized carbons (Fsp3) is 0. The van der Waals surface area contributed by atoms with Crippen LogP contribution in [0, 0.1) is 0 Å². The van der Waals surface area contributed by atoms with Gasteiger partial charge in [0.25, 0.3) is 0 Å². The molecular weight excluding hydrogens is 311 g/mol. The highest BCUT2D eigenvalue weighted by Crippen LogP contribution is 2.26. The van der Waals surface area contributed by atoms with E-state index in [-0.39, 0.29) is 0 Å². The van der Waals surface area contributed by atoms with Gasteiger partial charge in [-0.25, -0.2) is 4.79 Å². The predicted molar refractivity (Wildman–Crippen MR) is 86.2 cm³/mol. The monoisotopic (exact) mass is 320 g/mol. The van der Waals surface area contributed by atoms with Crippen molar-refractivity contribution in [2.75, 3.05) is 10.9 Å². The maximum absolute atomic E-state index is 11.5. The number of halogens is 2. The summed E-state index contributed by atoms with van der Waals surface area (Å²) in [5, 5.41) is 1.72. The molecule has 3 aromatic rings. The minimum absolute atomic E-state index is 0.424. The lowest BCUT2D eigenvalue weighted by atomic mass is 10.2. The molecular formula is C15H10Cl2N2O2. The zero-order valence-corrected chi connectivity index (χ0v) is 12.2. The second-order valence-corrected chi connectivity index (χ2v) is 5.17. The van der Waals surface area contributed by atoms with E-state index in [9.17, 15) is 4.79 Å². The highest BCUT2D eigenvalue weighted by molar-refractivity contribution is 6.42. The van der Waals surface area contributed by atoms with E-state index in [0.29, 0.717) is 21.3 Å². The van der Waals surface area contributed by atoms with Gasteiger partial charge in [-0.1, -0.05) is 35.3 Å². The van der Waals surface area contributed by atoms with Crippen LogP contribution in [-0.4, -0.2) is 0 Å². The lowest BCUT2D eigenvalue weighted by Gasteiger charge is -2.11. The highest BCUT2D eigenvalue weighted by Gasteiger charge is 2.05. The molecule has 0 spiro atoms. The average molecular weight is 321 g/mol. The number of rotatable bonds is 3. The van der Waals surface area contributed by atoms with Crippen LogP contribution in [-0.2, 0) is 0 Å². The van der Waals surface area contributed by atoms with Crippen molar-refractivity contribution >= 4 is 45.5 Å². The minimum Gasteiger partial charge on any atom is -0.423 e. The lowest BCUT2D eigenvalue weighted by Crippen LogP contribution is -2.11. The molecule has 3 rings (SSSR count). The van der Waals surface area contributed by atoms with Crippen molar-refractivity contribution < 1.29 is 4.42 Å². The summed E-state index contributed by atoms with van der Waals surface area (Å²) in [4.78, 5) is 11.5. The van der Waals surface area contributed by atoms with Crippen molar-refractivity contribution in [1.29, 1.82) is 0 Å². The van der Waals surface area contributed by atoms with Gasteiger partial charge in [0, 0.05) is 11.5 Å². The van der Waals surface area contributed by atoms with Crippen molar-refractivity contribution in [3.63, 3.8) is 0 Å². The van der Waals surface area contributed by atoms with Crippen molar-refractivity contribution in [1.82, 2.24) is 0 Å². The molecule has 1 heterocycles. The molecule has 2 aromatic carbocycles. The predicted octanol–water partition coefficient (Wildman–Crippen LogP) is 4.54. The molecule has 0 aliphatic carbocycles. The van der Waals surface area contributed by atoms with Gasteiger partial charge < -0.3 is 9.84 Å². The topological polar surface area (TPSA) is 54.3 Å². The number of hydrazine groups is 1. The van der Waals surface area contributed by atoms with E-state index in [2.05, 4.69) is 10.9 Å². The third-order valence-electron chi connectivity index (χ3n) is 2.91. The van der Waals surface area contributed by atoms with Crippen molar-refractivity contribution in [2.45, 2.75) is 0 Å². The Kier molecular flexibility index (Phi) is 3.73. The summed E-state index contributed by atoms with van der Waals surface area (Å²) >= 11 is 11.8. The van der Waals surface area contributed by atoms with Gasteiger partial charge in [0.2, 0.25) is 0 Å². The van der Waals surface area contributed by atoms with Gasteiger partial charge in [-0.3, -0.25) is 5.43 Å². The molecule has 21 heavy (non-hydrogen) atoms. The molecule has 4 nitrogen and oxygen atoms in total. The van der Waals surface area contributed by atoms with Crippen LogP contribution in [0.2, 0.25) is 10.0 Å². The summed E-state index contributed by atoms with van der Waals surface area (Å²) in [5.41, 5.74) is 7.39. The first-order valence-electron chi connectivity index (χ1n) is 6.13. The number of hydrogen-bond donors (Lipinski definition) is 2. The number of nitrogens with one attached hydrogen (secondary N) is 2. The van der Waals surface area contributed by atoms with Gasteiger partial charge >= 0.3 is 5.63 Å². The van der Waals surface area contributed by atoms with E-state index in [1.54, 1.807) is 30.3 Å². The summed E-state index contributed by atoms with van der Waals surface area (Å²) < 4.78 is 5.13. The molecule has 0 radical (unpaired) electrons. The Morgan fingerprint density at radius 2 is 1.71 bits per heavy atom. The Morgan fingerprint density at radius 3 is 2.52 bits per heavy atom. The maximum Gasteiger partial charge on any atom is 0.338 e. The molecule has 0 unspecified atom stereocenters. The standard InChI is InChI=1S/C15H10Cl2N2O2/c16-11-6-5-9(7-12(11)17)18-19-13-8-15(20)21-14-4-2-1-3-10(13)14/h1-8,18-19H. The first kappa shape index (κ1) is 13.8. The Balaban J connectivity index is 1.91. The van der Waals surface area contributed by atoms with Crippen LogP contribution in [0.5, 0.6) is 0 Å². The van der Waals surface area contributed by atoms with Crippen LogP contribution in [0.3, 0.4) is 0 Å². The lowest BCUT2D eigenvalue weighted by molar-refractivity contribution is 0.561. The van der Waals surface area contributed by atoms with Crippen LogP contribution in [0.25, 0.3) is 11.0 Å². The van der Waals surface area contributed by atoms with Crippen LogP contribution in [0.4, 0.5) is 11.4 Å². The molecule has 0 saturated carbocycles. The van der Waals surface area contributed by atoms with Gasteiger partial charge in [-0.05, 0) is 30.3 Å². The number of hydrogen-bond acceptors (Lipinski definition) is 4.